The first-order chi connectivity index (χ1) is 15.1. The topological polar surface area (TPSA) is 194 Å². The second-order valence-corrected chi connectivity index (χ2v) is 7.90. The molecule has 0 unspecified atom stereocenters. The maximum absolute atomic E-state index is 11.7. The minimum absolute atomic E-state index is 0.0120. The van der Waals surface area contributed by atoms with E-state index in [0.717, 1.165) is 6.33 Å². The Morgan fingerprint density at radius 1 is 1.22 bits per heavy atom. The maximum atomic E-state index is 11.7. The third-order valence-corrected chi connectivity index (χ3v) is 4.81. The molecule has 1 saturated heterocycles. The van der Waals surface area contributed by atoms with Gasteiger partial charge in [-0.2, -0.15) is 0 Å². The Hall–Kier alpha value is -3.17. The van der Waals surface area contributed by atoms with Crippen LogP contribution in [0.4, 0.5) is 0 Å². The van der Waals surface area contributed by atoms with Crippen LogP contribution < -0.4 is 10.5 Å². The summed E-state index contributed by atoms with van der Waals surface area (Å²) >= 11 is 0. The van der Waals surface area contributed by atoms with Crippen LogP contribution in [0.5, 0.6) is 0 Å². The number of aliphatic hydroxyl groups is 2. The van der Waals surface area contributed by atoms with Crippen molar-refractivity contribution in [2.75, 3.05) is 0 Å². The molecular weight excluding hydrogens is 446 g/mol. The number of hydrogen-bond acceptors (Lipinski definition) is 10. The van der Waals surface area contributed by atoms with Gasteiger partial charge in [0, 0.05) is 12.1 Å². The van der Waals surface area contributed by atoms with Gasteiger partial charge in [-0.05, 0) is 19.4 Å². The molecule has 13 nitrogen and oxygen atoms in total. The van der Waals surface area contributed by atoms with Crippen molar-refractivity contribution in [1.82, 2.24) is 19.5 Å². The van der Waals surface area contributed by atoms with Crippen LogP contribution in [0, 0.1) is 0 Å². The third kappa shape index (κ3) is 5.17. The van der Waals surface area contributed by atoms with Gasteiger partial charge < -0.3 is 28.7 Å². The first-order valence-corrected chi connectivity index (χ1v) is 10.6. The lowest BCUT2D eigenvalue weighted by molar-refractivity contribution is -0.377. The summed E-state index contributed by atoms with van der Waals surface area (Å²) in [6.45, 7) is 2.90. The summed E-state index contributed by atoms with van der Waals surface area (Å²) in [5, 5.41) is 20.6. The van der Waals surface area contributed by atoms with Crippen molar-refractivity contribution in [2.45, 2.75) is 38.4 Å². The molecule has 1 aliphatic heterocycles. The summed E-state index contributed by atoms with van der Waals surface area (Å²) in [7, 11) is -5.12. The molecule has 0 saturated carbocycles. The highest BCUT2D eigenvalue weighted by atomic mass is 32.3. The average Bonchev–Trinajstić information content (AvgIpc) is 3.30. The number of pyridine rings is 1. The van der Waals surface area contributed by atoms with Crippen LogP contribution in [0.2, 0.25) is 0 Å². The maximum Gasteiger partial charge on any atom is 0.278 e. The number of fused-ring (bicyclic) bond motifs is 1. The largest absolute Gasteiger partial charge is 0.716 e. The standard InChI is InChI=1S/C13H16N4O8S.C5H5N/c1-5(2)9(25-26(21,22)23)10-7(18)8(19)13(24-10)17-4-16-6-11(17)14-3-15-12(6)20;1-2-4-6-5-3-1/h3-4,7-8,10,13,18-19H,1-2H3,(H,14,15,20)(H,21,22,23);1-5H/t7-,8+,10-,13+;/m0./s1. The van der Waals surface area contributed by atoms with Crippen LogP contribution in [0.3, 0.4) is 0 Å². The smallest absolute Gasteiger partial charge is 0.278 e. The van der Waals surface area contributed by atoms with Crippen molar-refractivity contribution in [3.63, 3.8) is 0 Å². The molecule has 0 spiro atoms. The number of rotatable bonds is 4. The molecule has 4 N–H and O–H groups in total. The lowest BCUT2D eigenvalue weighted by Gasteiger charge is -2.21. The van der Waals surface area contributed by atoms with Gasteiger partial charge in [0.25, 0.3) is 16.0 Å². The predicted octanol–water partition coefficient (Wildman–Crippen LogP) is -0.990. The van der Waals surface area contributed by atoms with Gasteiger partial charge >= 0.3 is 0 Å². The molecule has 1 aliphatic rings. The summed E-state index contributed by atoms with van der Waals surface area (Å²) < 4.78 is 43.9. The summed E-state index contributed by atoms with van der Waals surface area (Å²) in [6, 6.07) is 5.86. The number of ether oxygens (including phenoxy) is 1. The Morgan fingerprint density at radius 3 is 2.44 bits per heavy atom. The van der Waals surface area contributed by atoms with E-state index in [1.165, 1.54) is 24.7 Å². The number of imidazole rings is 1. The second-order valence-electron chi connectivity index (χ2n) is 6.92. The highest BCUT2D eigenvalue weighted by Crippen LogP contribution is 2.35. The van der Waals surface area contributed by atoms with Crippen LogP contribution in [0.1, 0.15) is 20.1 Å². The zero-order chi connectivity index (χ0) is 23.5. The van der Waals surface area contributed by atoms with Gasteiger partial charge in [0.2, 0.25) is 0 Å². The van der Waals surface area contributed by atoms with Crippen molar-refractivity contribution in [2.24, 2.45) is 0 Å². The summed E-state index contributed by atoms with van der Waals surface area (Å²) in [4.78, 5) is 24.8. The third-order valence-electron chi connectivity index (χ3n) is 4.43. The molecule has 0 aliphatic carbocycles. The fourth-order valence-corrected chi connectivity index (χ4v) is 3.50. The van der Waals surface area contributed by atoms with Crippen molar-refractivity contribution in [1.29, 1.82) is 0 Å². The molecule has 0 aromatic carbocycles. The number of aliphatic hydroxyl groups excluding tert-OH is 2. The van der Waals surface area contributed by atoms with Crippen molar-refractivity contribution < 1.29 is 37.1 Å². The molecule has 14 heteroatoms. The number of nitrogens with one attached hydrogen (secondary N) is 2. The van der Waals surface area contributed by atoms with Gasteiger partial charge in [0.15, 0.2) is 29.8 Å². The molecule has 32 heavy (non-hydrogen) atoms. The SMILES string of the molecule is CC(C)=C(OS(=O)(=O)[O-])[C@H]1O[C@@H](n2cnc3c(=O)[nH]cnc32)[C@H](O)[C@@H]1O.c1cc[nH+]cc1. The fraction of sp³-hybridized carbons (Fsp3) is 0.333. The first kappa shape index (κ1) is 23.5. The number of aromatic nitrogens is 5. The summed E-state index contributed by atoms with van der Waals surface area (Å²) in [5.74, 6) is -0.427. The van der Waals surface area contributed by atoms with Crippen LogP contribution in [0.25, 0.3) is 11.2 Å². The molecule has 0 radical (unpaired) electrons. The van der Waals surface area contributed by atoms with Crippen LogP contribution in [-0.4, -0.2) is 61.0 Å². The zero-order valence-corrected chi connectivity index (χ0v) is 17.8. The normalized spacial score (nSPS) is 22.8. The zero-order valence-electron chi connectivity index (χ0n) is 16.9. The Bertz CT molecular complexity index is 1230. The number of aromatic amines is 2. The van der Waals surface area contributed by atoms with Crippen LogP contribution in [0.15, 0.2) is 59.4 Å². The van der Waals surface area contributed by atoms with E-state index < -0.39 is 46.3 Å². The van der Waals surface area contributed by atoms with E-state index in [1.54, 1.807) is 0 Å². The minimum Gasteiger partial charge on any atom is -0.716 e. The molecule has 0 amide bonds. The van der Waals surface area contributed by atoms with Gasteiger partial charge in [-0.3, -0.25) is 9.36 Å². The number of allylic oxidation sites excluding steroid dienone is 1. The Labute approximate surface area is 182 Å². The van der Waals surface area contributed by atoms with E-state index in [0.29, 0.717) is 0 Å². The van der Waals surface area contributed by atoms with E-state index in [-0.39, 0.29) is 16.7 Å². The number of nitrogens with zero attached hydrogens (tertiary/aromatic N) is 3. The highest BCUT2D eigenvalue weighted by molar-refractivity contribution is 7.80. The molecule has 4 atom stereocenters. The number of hydrogen-bond donors (Lipinski definition) is 3. The van der Waals surface area contributed by atoms with E-state index in [9.17, 15) is 28.0 Å². The van der Waals surface area contributed by atoms with Gasteiger partial charge in [-0.25, -0.2) is 23.4 Å². The molecule has 3 aromatic rings. The average molecular weight is 467 g/mol. The lowest BCUT2D eigenvalue weighted by Crippen LogP contribution is -2.33. The molecule has 0 bridgehead atoms. The lowest BCUT2D eigenvalue weighted by atomic mass is 10.1. The summed E-state index contributed by atoms with van der Waals surface area (Å²) in [5.41, 5.74) is -0.181. The molecule has 4 rings (SSSR count). The van der Waals surface area contributed by atoms with Gasteiger partial charge in [-0.1, -0.05) is 6.07 Å². The quantitative estimate of drug-likeness (QED) is 0.243. The van der Waals surface area contributed by atoms with Gasteiger partial charge in [-0.15, -0.1) is 0 Å². The van der Waals surface area contributed by atoms with Crippen molar-refractivity contribution in [3.8, 4) is 0 Å². The number of H-pyrrole nitrogens is 2. The van der Waals surface area contributed by atoms with E-state index in [4.69, 9.17) is 4.74 Å². The van der Waals surface area contributed by atoms with Crippen LogP contribution >= 0.6 is 0 Å². The van der Waals surface area contributed by atoms with Crippen LogP contribution in [-0.2, 0) is 19.3 Å². The molecule has 3 aromatic heterocycles. The molecule has 1 fully saturated rings. The molecule has 172 valence electrons. The Balaban J connectivity index is 0.000000416. The Kier molecular flexibility index (Phi) is 7.00. The van der Waals surface area contributed by atoms with Gasteiger partial charge in [0.1, 0.15) is 24.1 Å². The fourth-order valence-electron chi connectivity index (χ4n) is 3.02. The van der Waals surface area contributed by atoms with Crippen molar-refractivity contribution >= 4 is 21.6 Å². The molecule has 4 heterocycles. The predicted molar refractivity (Wildman–Crippen MR) is 106 cm³/mol. The van der Waals surface area contributed by atoms with E-state index >= 15 is 0 Å². The van der Waals surface area contributed by atoms with Gasteiger partial charge in [0.05, 0.1) is 12.7 Å². The van der Waals surface area contributed by atoms with Crippen molar-refractivity contribution in [3.05, 3.63) is 64.9 Å². The summed E-state index contributed by atoms with van der Waals surface area (Å²) in [6.07, 6.45) is 0.248. The highest BCUT2D eigenvalue weighted by Gasteiger charge is 2.47. The Morgan fingerprint density at radius 2 is 1.91 bits per heavy atom. The van der Waals surface area contributed by atoms with E-state index in [1.807, 2.05) is 30.6 Å². The first-order valence-electron chi connectivity index (χ1n) is 9.25. The molecular formula is C18H21N5O8S. The monoisotopic (exact) mass is 467 g/mol. The minimum atomic E-state index is -5.12. The van der Waals surface area contributed by atoms with E-state index in [2.05, 4.69) is 24.1 Å². The second kappa shape index (κ2) is 9.54.